The summed E-state index contributed by atoms with van der Waals surface area (Å²) in [5, 5.41) is 0. The monoisotopic (exact) mass is 519 g/mol. The second-order valence-electron chi connectivity index (χ2n) is 8.89. The van der Waals surface area contributed by atoms with Crippen molar-refractivity contribution in [3.05, 3.63) is 90.6 Å². The molecule has 2 aliphatic rings. The van der Waals surface area contributed by atoms with Crippen LogP contribution in [-0.2, 0) is 14.3 Å². The van der Waals surface area contributed by atoms with Crippen molar-refractivity contribution in [3.8, 4) is 0 Å². The average Bonchev–Trinajstić information content (AvgIpc) is 3.30. The summed E-state index contributed by atoms with van der Waals surface area (Å²) in [5.74, 6) is -0.748. The number of benzene rings is 2. The molecule has 1 atom stereocenters. The van der Waals surface area contributed by atoms with Gasteiger partial charge in [0.15, 0.2) is 4.80 Å². The Hall–Kier alpha value is -3.43. The van der Waals surface area contributed by atoms with E-state index >= 15 is 0 Å². The molecule has 7 nitrogen and oxygen atoms in total. The number of likely N-dealkylation sites (N-methyl/N-ethyl adjacent to an activating group) is 1. The first kappa shape index (κ1) is 24.3. The van der Waals surface area contributed by atoms with E-state index in [0.717, 1.165) is 16.1 Å². The molecular weight excluding hydrogens is 494 g/mol. The lowest BCUT2D eigenvalue weighted by atomic mass is 9.96. The number of carbonyl (C=O) groups excluding carboxylic acids is 2. The van der Waals surface area contributed by atoms with E-state index < -0.39 is 12.0 Å². The van der Waals surface area contributed by atoms with E-state index in [9.17, 15) is 14.4 Å². The van der Waals surface area contributed by atoms with Gasteiger partial charge in [-0.1, -0.05) is 41.7 Å². The maximum absolute atomic E-state index is 14.0. The largest absolute Gasteiger partial charge is 0.459 e. The maximum Gasteiger partial charge on any atom is 0.338 e. The van der Waals surface area contributed by atoms with Crippen LogP contribution in [0, 0.1) is 0 Å². The minimum Gasteiger partial charge on any atom is -0.459 e. The molecule has 1 amide bonds. The Morgan fingerprint density at radius 2 is 1.81 bits per heavy atom. The van der Waals surface area contributed by atoms with Gasteiger partial charge < -0.3 is 9.64 Å². The normalized spacial score (nSPS) is 18.3. The SMILES string of the molecule is CSc1ccc(C2C(C(=O)OC(C)C)=C(C)N=c3sc(=C4C(=O)N(C)c5ccccc54)c(=O)n32)cc1. The molecule has 0 aliphatic carbocycles. The van der Waals surface area contributed by atoms with E-state index in [4.69, 9.17) is 4.74 Å². The molecule has 0 radical (unpaired) electrons. The van der Waals surface area contributed by atoms with Gasteiger partial charge in [0.2, 0.25) is 0 Å². The van der Waals surface area contributed by atoms with Crippen LogP contribution in [0.4, 0.5) is 5.69 Å². The Kier molecular flexibility index (Phi) is 6.22. The van der Waals surface area contributed by atoms with Crippen molar-refractivity contribution in [2.75, 3.05) is 18.2 Å². The van der Waals surface area contributed by atoms with Gasteiger partial charge in [0.05, 0.1) is 34.7 Å². The summed E-state index contributed by atoms with van der Waals surface area (Å²) in [7, 11) is 1.70. The first-order chi connectivity index (χ1) is 17.2. The summed E-state index contributed by atoms with van der Waals surface area (Å²) in [6.45, 7) is 5.32. The molecule has 3 aromatic rings. The summed E-state index contributed by atoms with van der Waals surface area (Å²) in [5.41, 5.74) is 3.06. The molecule has 3 heterocycles. The van der Waals surface area contributed by atoms with Crippen LogP contribution in [0.1, 0.15) is 37.9 Å². The molecule has 1 aromatic heterocycles. The number of aromatic nitrogens is 1. The molecule has 2 aliphatic heterocycles. The molecule has 36 heavy (non-hydrogen) atoms. The number of carbonyl (C=O) groups is 2. The van der Waals surface area contributed by atoms with Crippen molar-refractivity contribution in [1.29, 1.82) is 0 Å². The number of amides is 1. The molecule has 2 aromatic carbocycles. The van der Waals surface area contributed by atoms with Crippen molar-refractivity contribution in [2.45, 2.75) is 37.8 Å². The van der Waals surface area contributed by atoms with Gasteiger partial charge in [-0.15, -0.1) is 11.8 Å². The third-order valence-electron chi connectivity index (χ3n) is 6.27. The number of fused-ring (bicyclic) bond motifs is 2. The standard InChI is InChI=1S/C27H25N3O4S2/c1-14(2)34-26(33)20-15(3)28-27-30(22(20)16-10-12-17(35-5)13-11-16)25(32)23(36-27)21-18-8-6-7-9-19(18)29(4)24(21)31/h6-14,22H,1-5H3. The fourth-order valence-electron chi connectivity index (χ4n) is 4.60. The zero-order valence-corrected chi connectivity index (χ0v) is 22.2. The molecule has 0 saturated carbocycles. The number of ether oxygens (including phenoxy) is 1. The number of esters is 1. The van der Waals surface area contributed by atoms with Crippen molar-refractivity contribution >= 4 is 46.2 Å². The molecule has 0 bridgehead atoms. The Labute approximate surface area is 216 Å². The number of thioether (sulfide) groups is 1. The van der Waals surface area contributed by atoms with E-state index in [1.54, 1.807) is 44.5 Å². The molecule has 0 fully saturated rings. The van der Waals surface area contributed by atoms with Gasteiger partial charge in [-0.2, -0.15) is 0 Å². The summed E-state index contributed by atoms with van der Waals surface area (Å²) < 4.78 is 7.40. The lowest BCUT2D eigenvalue weighted by Crippen LogP contribution is -2.41. The number of rotatable bonds is 4. The van der Waals surface area contributed by atoms with E-state index in [1.807, 2.05) is 54.8 Å². The summed E-state index contributed by atoms with van der Waals surface area (Å²) >= 11 is 2.78. The van der Waals surface area contributed by atoms with Crippen molar-refractivity contribution in [3.63, 3.8) is 0 Å². The van der Waals surface area contributed by atoms with Gasteiger partial charge in [-0.25, -0.2) is 9.79 Å². The lowest BCUT2D eigenvalue weighted by molar-refractivity contribution is -0.143. The minimum absolute atomic E-state index is 0.238. The summed E-state index contributed by atoms with van der Waals surface area (Å²) in [6.07, 6.45) is 1.66. The maximum atomic E-state index is 14.0. The fraction of sp³-hybridized carbons (Fsp3) is 0.259. The number of para-hydroxylation sites is 1. The van der Waals surface area contributed by atoms with Crippen molar-refractivity contribution in [1.82, 2.24) is 4.57 Å². The zero-order valence-electron chi connectivity index (χ0n) is 20.6. The predicted molar refractivity (Wildman–Crippen MR) is 142 cm³/mol. The molecular formula is C27H25N3O4S2. The summed E-state index contributed by atoms with van der Waals surface area (Å²) in [6, 6.07) is 14.5. The average molecular weight is 520 g/mol. The number of hydrogen-bond donors (Lipinski definition) is 0. The lowest BCUT2D eigenvalue weighted by Gasteiger charge is -2.25. The van der Waals surface area contributed by atoms with E-state index in [-0.39, 0.29) is 17.6 Å². The Morgan fingerprint density at radius 3 is 2.47 bits per heavy atom. The van der Waals surface area contributed by atoms with Crippen LogP contribution in [0.3, 0.4) is 0 Å². The molecule has 5 rings (SSSR count). The molecule has 0 saturated heterocycles. The highest BCUT2D eigenvalue weighted by Gasteiger charge is 2.36. The fourth-order valence-corrected chi connectivity index (χ4v) is 6.15. The van der Waals surface area contributed by atoms with Gasteiger partial charge in [0.1, 0.15) is 4.53 Å². The van der Waals surface area contributed by atoms with Crippen molar-refractivity contribution < 1.29 is 14.3 Å². The van der Waals surface area contributed by atoms with Crippen LogP contribution in [0.5, 0.6) is 0 Å². The van der Waals surface area contributed by atoms with E-state index in [0.29, 0.717) is 31.7 Å². The quantitative estimate of drug-likeness (QED) is 0.391. The van der Waals surface area contributed by atoms with E-state index in [1.165, 1.54) is 15.9 Å². The van der Waals surface area contributed by atoms with E-state index in [2.05, 4.69) is 4.99 Å². The van der Waals surface area contributed by atoms with Gasteiger partial charge in [0.25, 0.3) is 11.5 Å². The third kappa shape index (κ3) is 3.83. The smallest absolute Gasteiger partial charge is 0.338 e. The van der Waals surface area contributed by atoms with Gasteiger partial charge in [0, 0.05) is 17.5 Å². The van der Waals surface area contributed by atoms with Gasteiger partial charge in [-0.3, -0.25) is 14.2 Å². The van der Waals surface area contributed by atoms with Crippen LogP contribution in [0.15, 0.2) is 74.5 Å². The third-order valence-corrected chi connectivity index (χ3v) is 8.07. The minimum atomic E-state index is -0.720. The van der Waals surface area contributed by atoms with Gasteiger partial charge in [-0.05, 0) is 50.8 Å². The molecule has 0 spiro atoms. The molecule has 0 N–H and O–H groups in total. The highest BCUT2D eigenvalue weighted by atomic mass is 32.2. The Bertz CT molecular complexity index is 1610. The first-order valence-electron chi connectivity index (χ1n) is 11.5. The van der Waals surface area contributed by atoms with Crippen LogP contribution in [0.2, 0.25) is 0 Å². The van der Waals surface area contributed by atoms with Crippen LogP contribution >= 0.6 is 23.1 Å². The molecule has 1 unspecified atom stereocenters. The Balaban J connectivity index is 1.80. The highest BCUT2D eigenvalue weighted by Crippen LogP contribution is 2.35. The van der Waals surface area contributed by atoms with Crippen molar-refractivity contribution in [2.24, 2.45) is 4.99 Å². The predicted octanol–water partition coefficient (Wildman–Crippen LogP) is 3.26. The Morgan fingerprint density at radius 1 is 1.11 bits per heavy atom. The highest BCUT2D eigenvalue weighted by molar-refractivity contribution is 7.98. The summed E-state index contributed by atoms with van der Waals surface area (Å²) in [4.78, 5) is 48.2. The molecule has 9 heteroatoms. The number of thiazole rings is 1. The van der Waals surface area contributed by atoms with Crippen LogP contribution < -0.4 is 19.8 Å². The molecule has 184 valence electrons. The van der Waals surface area contributed by atoms with Crippen LogP contribution in [-0.4, -0.2) is 35.9 Å². The zero-order chi connectivity index (χ0) is 25.7. The van der Waals surface area contributed by atoms with Crippen LogP contribution in [0.25, 0.3) is 5.57 Å². The first-order valence-corrected chi connectivity index (χ1v) is 13.5. The van der Waals surface area contributed by atoms with Gasteiger partial charge >= 0.3 is 5.97 Å². The second kappa shape index (κ2) is 9.22. The topological polar surface area (TPSA) is 81.0 Å². The number of anilines is 1. The number of nitrogens with zero attached hydrogens (tertiary/aromatic N) is 3. The second-order valence-corrected chi connectivity index (χ2v) is 10.7. The number of hydrogen-bond acceptors (Lipinski definition) is 7. The number of allylic oxidation sites excluding steroid dienone is 1.